The van der Waals surface area contributed by atoms with Crippen LogP contribution < -0.4 is 10.6 Å². The van der Waals surface area contributed by atoms with E-state index in [1.165, 1.54) is 7.05 Å². The fourth-order valence-electron chi connectivity index (χ4n) is 1.45. The van der Waals surface area contributed by atoms with Crippen molar-refractivity contribution in [2.75, 3.05) is 12.8 Å². The molecule has 0 radical (unpaired) electrons. The molecule has 0 fully saturated rings. The first-order valence-electron chi connectivity index (χ1n) is 5.93. The number of urea groups is 1. The van der Waals surface area contributed by atoms with Gasteiger partial charge in [0.05, 0.1) is 5.75 Å². The number of carbonyl (C=O) groups excluding carboxylic acids is 2. The van der Waals surface area contributed by atoms with Crippen LogP contribution in [-0.2, 0) is 16.0 Å². The number of rotatable bonds is 6. The van der Waals surface area contributed by atoms with E-state index in [-0.39, 0.29) is 5.75 Å². The Bertz CT molecular complexity index is 479. The lowest BCUT2D eigenvalue weighted by molar-refractivity contribution is -0.136. The van der Waals surface area contributed by atoms with Gasteiger partial charge in [0, 0.05) is 7.05 Å². The van der Waals surface area contributed by atoms with Crippen LogP contribution in [0.15, 0.2) is 30.3 Å². The first kappa shape index (κ1) is 16.0. The molecule has 1 aromatic rings. The van der Waals surface area contributed by atoms with Crippen LogP contribution in [0.4, 0.5) is 4.79 Å². The van der Waals surface area contributed by atoms with Crippen molar-refractivity contribution in [1.29, 1.82) is 0 Å². The van der Waals surface area contributed by atoms with Gasteiger partial charge in [-0.1, -0.05) is 30.3 Å². The minimum absolute atomic E-state index is 0.0861. The Morgan fingerprint density at radius 1 is 1.25 bits per heavy atom. The number of carbonyl (C=O) groups is 3. The first-order chi connectivity index (χ1) is 9.52. The van der Waals surface area contributed by atoms with Crippen molar-refractivity contribution in [2.24, 2.45) is 0 Å². The largest absolute Gasteiger partial charge is 0.480 e. The lowest BCUT2D eigenvalue weighted by atomic mass is 10.1. The summed E-state index contributed by atoms with van der Waals surface area (Å²) in [6.45, 7) is 0. The number of amides is 3. The molecule has 0 bridgehead atoms. The van der Waals surface area contributed by atoms with Gasteiger partial charge in [0.2, 0.25) is 5.91 Å². The molecule has 1 unspecified atom stereocenters. The standard InChI is InChI=1S/C13H16N2O4S/c1-14-13(19)15-11(16)8-20-10(12(17)18)7-9-5-3-2-4-6-9/h2-6,10H,7-8H2,1H3,(H,17,18)(H2,14,15,16,19). The van der Waals surface area contributed by atoms with Crippen molar-refractivity contribution in [3.8, 4) is 0 Å². The summed E-state index contributed by atoms with van der Waals surface area (Å²) in [7, 11) is 1.39. The number of aliphatic carboxylic acids is 1. The number of thioether (sulfide) groups is 1. The molecule has 0 saturated heterocycles. The van der Waals surface area contributed by atoms with Crippen LogP contribution in [0.1, 0.15) is 5.56 Å². The summed E-state index contributed by atoms with van der Waals surface area (Å²) in [5.74, 6) is -1.59. The summed E-state index contributed by atoms with van der Waals surface area (Å²) in [6.07, 6.45) is 0.327. The van der Waals surface area contributed by atoms with Crippen molar-refractivity contribution >= 4 is 29.7 Å². The third-order valence-corrected chi connectivity index (χ3v) is 3.63. The van der Waals surface area contributed by atoms with E-state index >= 15 is 0 Å². The third kappa shape index (κ3) is 5.75. The quantitative estimate of drug-likeness (QED) is 0.724. The van der Waals surface area contributed by atoms with Crippen LogP contribution in [0.5, 0.6) is 0 Å². The van der Waals surface area contributed by atoms with Crippen LogP contribution in [0.2, 0.25) is 0 Å². The minimum Gasteiger partial charge on any atom is -0.480 e. The zero-order valence-electron chi connectivity index (χ0n) is 11.0. The molecule has 20 heavy (non-hydrogen) atoms. The van der Waals surface area contributed by atoms with Gasteiger partial charge in [-0.2, -0.15) is 0 Å². The van der Waals surface area contributed by atoms with Crippen molar-refractivity contribution in [3.05, 3.63) is 35.9 Å². The molecule has 3 N–H and O–H groups in total. The van der Waals surface area contributed by atoms with Crippen molar-refractivity contribution in [1.82, 2.24) is 10.6 Å². The van der Waals surface area contributed by atoms with Crippen LogP contribution in [0.25, 0.3) is 0 Å². The fraction of sp³-hybridized carbons (Fsp3) is 0.308. The lowest BCUT2D eigenvalue weighted by Crippen LogP contribution is -2.39. The van der Waals surface area contributed by atoms with E-state index in [2.05, 4.69) is 10.6 Å². The Kier molecular flexibility index (Phi) is 6.58. The van der Waals surface area contributed by atoms with Crippen LogP contribution in [-0.4, -0.2) is 41.1 Å². The lowest BCUT2D eigenvalue weighted by Gasteiger charge is -2.11. The summed E-state index contributed by atoms with van der Waals surface area (Å²) in [5.41, 5.74) is 0.888. The average molecular weight is 296 g/mol. The van der Waals surface area contributed by atoms with E-state index in [0.717, 1.165) is 17.3 Å². The van der Waals surface area contributed by atoms with Gasteiger partial charge in [0.15, 0.2) is 0 Å². The predicted octanol–water partition coefficient (Wildman–Crippen LogP) is 0.871. The molecular formula is C13H16N2O4S. The number of benzene rings is 1. The van der Waals surface area contributed by atoms with Crippen molar-refractivity contribution in [2.45, 2.75) is 11.7 Å². The molecule has 0 spiro atoms. The second kappa shape index (κ2) is 8.21. The molecule has 3 amide bonds. The zero-order valence-corrected chi connectivity index (χ0v) is 11.8. The molecule has 1 atom stereocenters. The Morgan fingerprint density at radius 2 is 1.90 bits per heavy atom. The maximum Gasteiger partial charge on any atom is 0.321 e. The Morgan fingerprint density at radius 3 is 2.45 bits per heavy atom. The van der Waals surface area contributed by atoms with E-state index in [4.69, 9.17) is 5.11 Å². The monoisotopic (exact) mass is 296 g/mol. The maximum absolute atomic E-state index is 11.4. The van der Waals surface area contributed by atoms with Gasteiger partial charge >= 0.3 is 12.0 Å². The fourth-order valence-corrected chi connectivity index (χ4v) is 2.32. The Labute approximate surface area is 120 Å². The van der Waals surface area contributed by atoms with Gasteiger partial charge in [-0.25, -0.2) is 4.79 Å². The predicted molar refractivity (Wildman–Crippen MR) is 76.6 cm³/mol. The summed E-state index contributed by atoms with van der Waals surface area (Å²) >= 11 is 0.993. The molecule has 108 valence electrons. The topological polar surface area (TPSA) is 95.5 Å². The molecule has 6 nitrogen and oxygen atoms in total. The summed E-state index contributed by atoms with van der Waals surface area (Å²) in [4.78, 5) is 33.5. The highest BCUT2D eigenvalue weighted by Crippen LogP contribution is 2.16. The number of nitrogens with one attached hydrogen (secondary N) is 2. The van der Waals surface area contributed by atoms with E-state index in [9.17, 15) is 14.4 Å². The molecule has 0 aliphatic rings. The first-order valence-corrected chi connectivity index (χ1v) is 6.97. The third-order valence-electron chi connectivity index (χ3n) is 2.43. The molecule has 0 aliphatic carbocycles. The highest BCUT2D eigenvalue weighted by atomic mass is 32.2. The smallest absolute Gasteiger partial charge is 0.321 e. The Balaban J connectivity index is 2.50. The van der Waals surface area contributed by atoms with E-state index in [1.807, 2.05) is 30.3 Å². The van der Waals surface area contributed by atoms with E-state index in [1.54, 1.807) is 0 Å². The molecular weight excluding hydrogens is 280 g/mol. The van der Waals surface area contributed by atoms with Crippen molar-refractivity contribution in [3.63, 3.8) is 0 Å². The summed E-state index contributed by atoms with van der Waals surface area (Å²) in [6, 6.07) is 8.57. The van der Waals surface area contributed by atoms with Gasteiger partial charge < -0.3 is 10.4 Å². The second-order valence-electron chi connectivity index (χ2n) is 3.95. The number of hydrogen-bond donors (Lipinski definition) is 3. The van der Waals surface area contributed by atoms with Gasteiger partial charge in [0.1, 0.15) is 5.25 Å². The van der Waals surface area contributed by atoms with Gasteiger partial charge in [-0.15, -0.1) is 11.8 Å². The van der Waals surface area contributed by atoms with Crippen LogP contribution >= 0.6 is 11.8 Å². The van der Waals surface area contributed by atoms with Crippen LogP contribution in [0, 0.1) is 0 Å². The minimum atomic E-state index is -0.980. The Hall–Kier alpha value is -2.02. The molecule has 1 rings (SSSR count). The van der Waals surface area contributed by atoms with Gasteiger partial charge in [-0.3, -0.25) is 14.9 Å². The average Bonchev–Trinajstić information content (AvgIpc) is 2.44. The molecule has 7 heteroatoms. The number of hydrogen-bond acceptors (Lipinski definition) is 4. The van der Waals surface area contributed by atoms with Gasteiger partial charge in [0.25, 0.3) is 0 Å². The molecule has 0 saturated carbocycles. The van der Waals surface area contributed by atoms with E-state index in [0.29, 0.717) is 6.42 Å². The van der Waals surface area contributed by atoms with E-state index < -0.39 is 23.2 Å². The maximum atomic E-state index is 11.4. The van der Waals surface area contributed by atoms with Gasteiger partial charge in [-0.05, 0) is 12.0 Å². The number of carboxylic acid groups (broad SMARTS) is 1. The summed E-state index contributed by atoms with van der Waals surface area (Å²) in [5, 5.41) is 12.7. The molecule has 1 aromatic carbocycles. The molecule has 0 heterocycles. The molecule has 0 aliphatic heterocycles. The number of imide groups is 1. The number of carboxylic acids is 1. The summed E-state index contributed by atoms with van der Waals surface area (Å²) < 4.78 is 0. The normalized spacial score (nSPS) is 11.4. The zero-order chi connectivity index (χ0) is 15.0. The highest BCUT2D eigenvalue weighted by Gasteiger charge is 2.20. The SMILES string of the molecule is CNC(=O)NC(=O)CSC(Cc1ccccc1)C(=O)O. The van der Waals surface area contributed by atoms with Crippen molar-refractivity contribution < 1.29 is 19.5 Å². The highest BCUT2D eigenvalue weighted by molar-refractivity contribution is 8.01. The van der Waals surface area contributed by atoms with Crippen LogP contribution in [0.3, 0.4) is 0 Å². The molecule has 0 aromatic heterocycles. The second-order valence-corrected chi connectivity index (χ2v) is 5.15.